The number of halogens is 2. The minimum atomic E-state index is 0.183. The molecular weight excluding hydrogens is 301 g/mol. The molecule has 2 rings (SSSR count). The van der Waals surface area contributed by atoms with Crippen LogP contribution in [0.1, 0.15) is 45.6 Å². The first-order valence-electron chi connectivity index (χ1n) is 7.95. The molecule has 1 saturated carbocycles. The Bertz CT molecular complexity index is 464. The summed E-state index contributed by atoms with van der Waals surface area (Å²) in [6.07, 6.45) is 4.80. The van der Waals surface area contributed by atoms with E-state index in [0.29, 0.717) is 12.0 Å². The summed E-state index contributed by atoms with van der Waals surface area (Å²) >= 11 is 12.7. The fourth-order valence-corrected chi connectivity index (χ4v) is 4.45. The van der Waals surface area contributed by atoms with Gasteiger partial charge in [0.05, 0.1) is 0 Å². The summed E-state index contributed by atoms with van der Waals surface area (Å²) in [5.41, 5.74) is 1.28. The lowest BCUT2D eigenvalue weighted by atomic mass is 9.64. The molecule has 1 aliphatic carbocycles. The molecule has 1 aromatic rings. The van der Waals surface area contributed by atoms with E-state index < -0.39 is 0 Å². The number of benzene rings is 1. The monoisotopic (exact) mass is 327 g/mol. The van der Waals surface area contributed by atoms with Crippen LogP contribution in [0.25, 0.3) is 0 Å². The molecule has 118 valence electrons. The molecule has 1 N–H and O–H groups in total. The van der Waals surface area contributed by atoms with Crippen molar-refractivity contribution in [1.29, 1.82) is 0 Å². The summed E-state index contributed by atoms with van der Waals surface area (Å²) in [6.45, 7) is 7.08. The van der Waals surface area contributed by atoms with Crippen LogP contribution in [0.4, 0.5) is 0 Å². The lowest BCUT2D eigenvalue weighted by Crippen LogP contribution is -2.46. The Labute approximate surface area is 139 Å². The normalized spacial score (nSPS) is 26.9. The Balaban J connectivity index is 2.21. The smallest absolute Gasteiger partial charge is 0.0453 e. The minimum Gasteiger partial charge on any atom is -0.317 e. The fraction of sp³-hybridized carbons (Fsp3) is 0.667. The van der Waals surface area contributed by atoms with Crippen LogP contribution in [-0.2, 0) is 6.42 Å². The van der Waals surface area contributed by atoms with Gasteiger partial charge in [-0.25, -0.2) is 0 Å². The Hall–Kier alpha value is -0.240. The van der Waals surface area contributed by atoms with Crippen molar-refractivity contribution in [3.63, 3.8) is 0 Å². The van der Waals surface area contributed by atoms with Gasteiger partial charge in [0.1, 0.15) is 0 Å². The molecule has 0 heterocycles. The first-order chi connectivity index (χ1) is 9.85. The van der Waals surface area contributed by atoms with Gasteiger partial charge in [0.25, 0.3) is 0 Å². The lowest BCUT2D eigenvalue weighted by Gasteiger charge is -2.44. The maximum absolute atomic E-state index is 6.37. The molecule has 1 nitrogen and oxygen atoms in total. The Morgan fingerprint density at radius 1 is 1.19 bits per heavy atom. The largest absolute Gasteiger partial charge is 0.317 e. The third-order valence-corrected chi connectivity index (χ3v) is 5.89. The van der Waals surface area contributed by atoms with Crippen molar-refractivity contribution in [3.8, 4) is 0 Å². The predicted molar refractivity (Wildman–Crippen MR) is 93.3 cm³/mol. The molecule has 0 aromatic heterocycles. The minimum absolute atomic E-state index is 0.183. The van der Waals surface area contributed by atoms with Crippen LogP contribution in [0, 0.1) is 17.3 Å². The van der Waals surface area contributed by atoms with Crippen molar-refractivity contribution in [2.24, 2.45) is 17.3 Å². The van der Waals surface area contributed by atoms with E-state index in [9.17, 15) is 0 Å². The van der Waals surface area contributed by atoms with Crippen LogP contribution in [0.5, 0.6) is 0 Å². The summed E-state index contributed by atoms with van der Waals surface area (Å²) in [5.74, 6) is 1.48. The molecule has 0 saturated heterocycles. The number of rotatable bonds is 4. The van der Waals surface area contributed by atoms with Gasteiger partial charge in [-0.1, -0.05) is 56.5 Å². The van der Waals surface area contributed by atoms with Crippen LogP contribution in [-0.4, -0.2) is 13.1 Å². The van der Waals surface area contributed by atoms with Crippen molar-refractivity contribution in [2.75, 3.05) is 7.05 Å². The van der Waals surface area contributed by atoms with Crippen molar-refractivity contribution >= 4 is 23.2 Å². The third kappa shape index (κ3) is 3.94. The SMILES string of the molecule is CNC1CC(C)CCC1C(C)(C)Cc1c(Cl)cccc1Cl. The van der Waals surface area contributed by atoms with Gasteiger partial charge in [-0.3, -0.25) is 0 Å². The second-order valence-corrected chi connectivity index (χ2v) is 8.10. The average molecular weight is 328 g/mol. The van der Waals surface area contributed by atoms with Gasteiger partial charge in [0.2, 0.25) is 0 Å². The highest BCUT2D eigenvalue weighted by Crippen LogP contribution is 2.44. The van der Waals surface area contributed by atoms with Gasteiger partial charge in [-0.15, -0.1) is 0 Å². The highest BCUT2D eigenvalue weighted by Gasteiger charge is 2.38. The van der Waals surface area contributed by atoms with Gasteiger partial charge in [-0.2, -0.15) is 0 Å². The van der Waals surface area contributed by atoms with E-state index in [1.807, 2.05) is 18.2 Å². The van der Waals surface area contributed by atoms with Crippen molar-refractivity contribution in [2.45, 2.75) is 52.5 Å². The van der Waals surface area contributed by atoms with E-state index in [0.717, 1.165) is 27.9 Å². The summed E-state index contributed by atoms with van der Waals surface area (Å²) in [7, 11) is 2.09. The second kappa shape index (κ2) is 6.89. The van der Waals surface area contributed by atoms with Gasteiger partial charge in [-0.05, 0) is 61.3 Å². The molecule has 21 heavy (non-hydrogen) atoms. The number of hydrogen-bond acceptors (Lipinski definition) is 1. The van der Waals surface area contributed by atoms with Crippen molar-refractivity contribution in [3.05, 3.63) is 33.8 Å². The summed E-state index contributed by atoms with van der Waals surface area (Å²) in [4.78, 5) is 0. The molecule has 0 spiro atoms. The van der Waals surface area contributed by atoms with Gasteiger partial charge in [0.15, 0.2) is 0 Å². The van der Waals surface area contributed by atoms with E-state index in [1.54, 1.807) is 0 Å². The van der Waals surface area contributed by atoms with Crippen LogP contribution in [0.2, 0.25) is 10.0 Å². The molecule has 0 bridgehead atoms. The Morgan fingerprint density at radius 3 is 2.38 bits per heavy atom. The molecular formula is C18H27Cl2N. The quantitative estimate of drug-likeness (QED) is 0.760. The predicted octanol–water partition coefficient (Wildman–Crippen LogP) is 5.59. The molecule has 3 unspecified atom stereocenters. The third-order valence-electron chi connectivity index (χ3n) is 5.18. The molecule has 0 radical (unpaired) electrons. The average Bonchev–Trinajstić information content (AvgIpc) is 2.42. The fourth-order valence-electron chi connectivity index (χ4n) is 3.92. The van der Waals surface area contributed by atoms with Crippen LogP contribution >= 0.6 is 23.2 Å². The molecule has 1 aromatic carbocycles. The van der Waals surface area contributed by atoms with Gasteiger partial charge in [0, 0.05) is 16.1 Å². The van der Waals surface area contributed by atoms with Crippen molar-refractivity contribution < 1.29 is 0 Å². The van der Waals surface area contributed by atoms with E-state index in [2.05, 4.69) is 33.1 Å². The van der Waals surface area contributed by atoms with Crippen molar-refractivity contribution in [1.82, 2.24) is 5.32 Å². The molecule has 1 fully saturated rings. The van der Waals surface area contributed by atoms with E-state index in [1.165, 1.54) is 19.3 Å². The topological polar surface area (TPSA) is 12.0 Å². The Kier molecular flexibility index (Phi) is 5.62. The number of hydrogen-bond donors (Lipinski definition) is 1. The van der Waals surface area contributed by atoms with Crippen LogP contribution in [0.15, 0.2) is 18.2 Å². The highest BCUT2D eigenvalue weighted by molar-refractivity contribution is 6.36. The van der Waals surface area contributed by atoms with Gasteiger partial charge >= 0.3 is 0 Å². The number of nitrogens with one attached hydrogen (secondary N) is 1. The molecule has 1 aliphatic rings. The van der Waals surface area contributed by atoms with E-state index in [4.69, 9.17) is 23.2 Å². The van der Waals surface area contributed by atoms with E-state index in [-0.39, 0.29) is 5.41 Å². The molecule has 0 amide bonds. The Morgan fingerprint density at radius 2 is 1.81 bits per heavy atom. The van der Waals surface area contributed by atoms with Crippen LogP contribution < -0.4 is 5.32 Å². The molecule has 3 heteroatoms. The molecule has 0 aliphatic heterocycles. The maximum atomic E-state index is 6.37. The van der Waals surface area contributed by atoms with Crippen LogP contribution in [0.3, 0.4) is 0 Å². The zero-order valence-corrected chi connectivity index (χ0v) is 15.1. The summed E-state index contributed by atoms with van der Waals surface area (Å²) in [5, 5.41) is 5.12. The molecule has 3 atom stereocenters. The zero-order chi connectivity index (χ0) is 15.6. The summed E-state index contributed by atoms with van der Waals surface area (Å²) in [6, 6.07) is 6.39. The second-order valence-electron chi connectivity index (χ2n) is 7.29. The van der Waals surface area contributed by atoms with E-state index >= 15 is 0 Å². The standard InChI is InChI=1S/C18H27Cl2N/c1-12-8-9-14(17(10-12)21-4)18(2,3)11-13-15(19)6-5-7-16(13)20/h5-7,12,14,17,21H,8-11H2,1-4H3. The maximum Gasteiger partial charge on any atom is 0.0453 e. The lowest BCUT2D eigenvalue weighted by molar-refractivity contribution is 0.0981. The highest BCUT2D eigenvalue weighted by atomic mass is 35.5. The first kappa shape index (κ1) is 17.1. The van der Waals surface area contributed by atoms with Gasteiger partial charge < -0.3 is 5.32 Å². The summed E-state index contributed by atoms with van der Waals surface area (Å²) < 4.78 is 0. The zero-order valence-electron chi connectivity index (χ0n) is 13.5. The first-order valence-corrected chi connectivity index (χ1v) is 8.71.